The van der Waals surface area contributed by atoms with Gasteiger partial charge in [0.15, 0.2) is 0 Å². The molecule has 0 aliphatic carbocycles. The van der Waals surface area contributed by atoms with Crippen LogP contribution in [0.25, 0.3) is 0 Å². The van der Waals surface area contributed by atoms with Gasteiger partial charge in [-0.05, 0) is 37.1 Å². The van der Waals surface area contributed by atoms with Crippen LogP contribution < -0.4 is 11.1 Å². The fraction of sp³-hybridized carbons (Fsp3) is 0.429. The highest BCUT2D eigenvalue weighted by Crippen LogP contribution is 2.10. The van der Waals surface area contributed by atoms with Crippen LogP contribution in [0.4, 0.5) is 5.69 Å². The molecule has 1 aromatic rings. The predicted molar refractivity (Wildman–Crippen MR) is 81.2 cm³/mol. The topological polar surface area (TPSA) is 64.3 Å². The molecule has 0 aromatic heterocycles. The summed E-state index contributed by atoms with van der Waals surface area (Å²) in [5.41, 5.74) is 6.98. The van der Waals surface area contributed by atoms with Crippen LogP contribution in [0.5, 0.6) is 0 Å². The molecule has 0 radical (unpaired) electrons. The van der Waals surface area contributed by atoms with E-state index in [9.17, 15) is 4.79 Å². The highest BCUT2D eigenvalue weighted by molar-refractivity contribution is 7.80. The van der Waals surface area contributed by atoms with E-state index in [1.807, 2.05) is 13.8 Å². The number of nitrogens with two attached hydrogens (primary N) is 1. The normalized spacial score (nSPS) is 12.2. The number of benzene rings is 1. The van der Waals surface area contributed by atoms with Crippen LogP contribution in [0, 0.1) is 5.92 Å². The second-order valence-electron chi connectivity index (χ2n) is 4.80. The van der Waals surface area contributed by atoms with Gasteiger partial charge in [0, 0.05) is 17.9 Å². The van der Waals surface area contributed by atoms with Crippen LogP contribution in [0.3, 0.4) is 0 Å². The van der Waals surface area contributed by atoms with Crippen LogP contribution in [-0.4, -0.2) is 23.6 Å². The average Bonchev–Trinajstić information content (AvgIpc) is 2.36. The predicted octanol–water partition coefficient (Wildman–Crippen LogP) is 2.32. The molecule has 0 heterocycles. The van der Waals surface area contributed by atoms with E-state index in [2.05, 4.69) is 5.32 Å². The van der Waals surface area contributed by atoms with E-state index >= 15 is 0 Å². The lowest BCUT2D eigenvalue weighted by molar-refractivity contribution is -0.126. The van der Waals surface area contributed by atoms with E-state index in [-0.39, 0.29) is 5.91 Å². The van der Waals surface area contributed by atoms with Gasteiger partial charge in [0.2, 0.25) is 0 Å². The summed E-state index contributed by atoms with van der Waals surface area (Å²) in [7, 11) is 0. The number of nitrogens with one attached hydrogen (secondary N) is 1. The van der Waals surface area contributed by atoms with Gasteiger partial charge in [0.25, 0.3) is 5.91 Å². The Morgan fingerprint density at radius 2 is 1.89 bits per heavy atom. The number of carbonyl (C=O) groups excluding carboxylic acids is 1. The monoisotopic (exact) mass is 280 g/mol. The standard InChI is InChI=1S/C14H20N2O2S/c1-9(2)8-18-10(3)14(17)16-12-6-4-11(5-7-12)13(15)19/h4-7,9-10H,8H2,1-3H3,(H2,15,19)(H,16,17). The first-order valence-electron chi connectivity index (χ1n) is 6.22. The van der Waals surface area contributed by atoms with Gasteiger partial charge < -0.3 is 15.8 Å². The molecule has 1 amide bonds. The average molecular weight is 280 g/mol. The zero-order valence-electron chi connectivity index (χ0n) is 11.5. The molecular formula is C14H20N2O2S. The third-order valence-electron chi connectivity index (χ3n) is 2.49. The zero-order valence-corrected chi connectivity index (χ0v) is 12.3. The van der Waals surface area contributed by atoms with Crippen molar-refractivity contribution in [2.45, 2.75) is 26.9 Å². The Labute approximate surface area is 119 Å². The smallest absolute Gasteiger partial charge is 0.253 e. The van der Waals surface area contributed by atoms with E-state index < -0.39 is 6.10 Å². The number of ether oxygens (including phenoxy) is 1. The fourth-order valence-electron chi connectivity index (χ4n) is 1.37. The van der Waals surface area contributed by atoms with Gasteiger partial charge in [0.1, 0.15) is 11.1 Å². The molecule has 1 aromatic carbocycles. The van der Waals surface area contributed by atoms with E-state index in [0.29, 0.717) is 23.2 Å². The summed E-state index contributed by atoms with van der Waals surface area (Å²) in [5.74, 6) is 0.240. The Hall–Kier alpha value is -1.46. The van der Waals surface area contributed by atoms with Crippen molar-refractivity contribution in [1.29, 1.82) is 0 Å². The van der Waals surface area contributed by atoms with E-state index in [4.69, 9.17) is 22.7 Å². The number of hydrogen-bond donors (Lipinski definition) is 2. The first kappa shape index (κ1) is 15.6. The lowest BCUT2D eigenvalue weighted by atomic mass is 10.2. The maximum Gasteiger partial charge on any atom is 0.253 e. The van der Waals surface area contributed by atoms with Crippen molar-refractivity contribution in [3.05, 3.63) is 29.8 Å². The first-order chi connectivity index (χ1) is 8.90. The minimum Gasteiger partial charge on any atom is -0.389 e. The van der Waals surface area contributed by atoms with Crippen LogP contribution in [0.1, 0.15) is 26.3 Å². The second kappa shape index (κ2) is 7.21. The van der Waals surface area contributed by atoms with Crippen molar-refractivity contribution in [2.24, 2.45) is 11.7 Å². The van der Waals surface area contributed by atoms with Gasteiger partial charge >= 0.3 is 0 Å². The molecule has 4 nitrogen and oxygen atoms in total. The molecule has 104 valence electrons. The van der Waals surface area contributed by atoms with Gasteiger partial charge in [0.05, 0.1) is 0 Å². The number of carbonyl (C=O) groups is 1. The Kier molecular flexibility index (Phi) is 5.92. The number of thiocarbonyl (C=S) groups is 1. The Bertz CT molecular complexity index is 443. The quantitative estimate of drug-likeness (QED) is 0.785. The molecule has 0 bridgehead atoms. The van der Waals surface area contributed by atoms with E-state index in [1.165, 1.54) is 0 Å². The molecular weight excluding hydrogens is 260 g/mol. The summed E-state index contributed by atoms with van der Waals surface area (Å²) < 4.78 is 5.45. The summed E-state index contributed by atoms with van der Waals surface area (Å²) in [6, 6.07) is 7.08. The first-order valence-corrected chi connectivity index (χ1v) is 6.63. The lowest BCUT2D eigenvalue weighted by Crippen LogP contribution is -2.28. The highest BCUT2D eigenvalue weighted by atomic mass is 32.1. The molecule has 0 saturated carbocycles. The van der Waals surface area contributed by atoms with Crippen molar-refractivity contribution in [3.63, 3.8) is 0 Å². The van der Waals surface area contributed by atoms with Gasteiger partial charge in [-0.2, -0.15) is 0 Å². The van der Waals surface area contributed by atoms with Gasteiger partial charge in [-0.1, -0.05) is 26.1 Å². The van der Waals surface area contributed by atoms with Crippen LogP contribution in [0.15, 0.2) is 24.3 Å². The molecule has 5 heteroatoms. The van der Waals surface area contributed by atoms with Gasteiger partial charge in [-0.3, -0.25) is 4.79 Å². The van der Waals surface area contributed by atoms with Crippen LogP contribution >= 0.6 is 12.2 Å². The third kappa shape index (κ3) is 5.36. The highest BCUT2D eigenvalue weighted by Gasteiger charge is 2.14. The molecule has 1 unspecified atom stereocenters. The van der Waals surface area contributed by atoms with Crippen molar-refractivity contribution in [3.8, 4) is 0 Å². The maximum absolute atomic E-state index is 11.9. The van der Waals surface area contributed by atoms with Crippen LogP contribution in [0.2, 0.25) is 0 Å². The molecule has 0 saturated heterocycles. The van der Waals surface area contributed by atoms with E-state index in [1.54, 1.807) is 31.2 Å². The van der Waals surface area contributed by atoms with Crippen LogP contribution in [-0.2, 0) is 9.53 Å². The third-order valence-corrected chi connectivity index (χ3v) is 2.72. The number of anilines is 1. The molecule has 0 spiro atoms. The molecule has 3 N–H and O–H groups in total. The largest absolute Gasteiger partial charge is 0.389 e. The van der Waals surface area contributed by atoms with Crippen molar-refractivity contribution in [2.75, 3.05) is 11.9 Å². The van der Waals surface area contributed by atoms with Crippen molar-refractivity contribution < 1.29 is 9.53 Å². The molecule has 0 aliphatic heterocycles. The second-order valence-corrected chi connectivity index (χ2v) is 5.24. The Balaban J connectivity index is 2.54. The van der Waals surface area contributed by atoms with Gasteiger partial charge in [-0.25, -0.2) is 0 Å². The molecule has 1 rings (SSSR count). The fourth-order valence-corrected chi connectivity index (χ4v) is 1.51. The minimum absolute atomic E-state index is 0.163. The SMILES string of the molecule is CC(C)COC(C)C(=O)Nc1ccc(C(N)=S)cc1. The zero-order chi connectivity index (χ0) is 14.4. The molecule has 19 heavy (non-hydrogen) atoms. The minimum atomic E-state index is -0.474. The maximum atomic E-state index is 11.9. The lowest BCUT2D eigenvalue weighted by Gasteiger charge is -2.15. The molecule has 0 aliphatic rings. The molecule has 1 atom stereocenters. The molecule has 0 fully saturated rings. The Morgan fingerprint density at radius 3 is 2.37 bits per heavy atom. The summed E-state index contributed by atoms with van der Waals surface area (Å²) in [5, 5.41) is 2.78. The number of hydrogen-bond acceptors (Lipinski definition) is 3. The summed E-state index contributed by atoms with van der Waals surface area (Å²) in [6.07, 6.45) is -0.474. The Morgan fingerprint density at radius 1 is 1.32 bits per heavy atom. The van der Waals surface area contributed by atoms with E-state index in [0.717, 1.165) is 5.56 Å². The summed E-state index contributed by atoms with van der Waals surface area (Å²) in [6.45, 7) is 6.38. The summed E-state index contributed by atoms with van der Waals surface area (Å²) in [4.78, 5) is 12.2. The summed E-state index contributed by atoms with van der Waals surface area (Å²) >= 11 is 4.86. The van der Waals surface area contributed by atoms with Gasteiger partial charge in [-0.15, -0.1) is 0 Å². The number of rotatable bonds is 6. The van der Waals surface area contributed by atoms with Crippen molar-refractivity contribution >= 4 is 28.8 Å². The van der Waals surface area contributed by atoms with Crippen molar-refractivity contribution in [1.82, 2.24) is 0 Å². The number of amides is 1.